The highest BCUT2D eigenvalue weighted by Gasteiger charge is 2.34. The van der Waals surface area contributed by atoms with Crippen LogP contribution in [0, 0.1) is 5.92 Å². The van der Waals surface area contributed by atoms with Gasteiger partial charge >= 0.3 is 6.03 Å². The van der Waals surface area contributed by atoms with Gasteiger partial charge in [-0.25, -0.2) is 4.79 Å². The Labute approximate surface area is 232 Å². The van der Waals surface area contributed by atoms with Gasteiger partial charge < -0.3 is 30.0 Å². The van der Waals surface area contributed by atoms with Crippen molar-refractivity contribution in [2.75, 3.05) is 19.0 Å². The van der Waals surface area contributed by atoms with Gasteiger partial charge in [-0.1, -0.05) is 26.0 Å². The fourth-order valence-corrected chi connectivity index (χ4v) is 4.73. The molecule has 4 rings (SSSR count). The maximum absolute atomic E-state index is 13.4. The highest BCUT2D eigenvalue weighted by atomic mass is 16.5. The predicted octanol–water partition coefficient (Wildman–Crippen LogP) is 3.75. The molecule has 0 spiro atoms. The second kappa shape index (κ2) is 12.6. The van der Waals surface area contributed by atoms with Crippen molar-refractivity contribution in [3.05, 3.63) is 54.6 Å². The number of ketones is 1. The molecule has 3 N–H and O–H groups in total. The molecule has 3 atom stereocenters. The van der Waals surface area contributed by atoms with E-state index in [1.165, 1.54) is 12.0 Å². The van der Waals surface area contributed by atoms with Crippen LogP contribution in [0.1, 0.15) is 50.6 Å². The van der Waals surface area contributed by atoms with Crippen LogP contribution in [0.5, 0.6) is 5.75 Å². The van der Waals surface area contributed by atoms with Crippen molar-refractivity contribution in [1.29, 1.82) is 0 Å². The molecular weight excluding hydrogens is 514 g/mol. The van der Waals surface area contributed by atoms with E-state index in [-0.39, 0.29) is 30.0 Å². The minimum atomic E-state index is -0.887. The van der Waals surface area contributed by atoms with Gasteiger partial charge in [-0.3, -0.25) is 19.4 Å². The van der Waals surface area contributed by atoms with Gasteiger partial charge in [0.2, 0.25) is 5.91 Å². The van der Waals surface area contributed by atoms with Crippen LogP contribution in [0.15, 0.2) is 53.2 Å². The van der Waals surface area contributed by atoms with Crippen molar-refractivity contribution in [1.82, 2.24) is 20.5 Å². The number of ether oxygens (including phenoxy) is 1. The number of carbonyl (C=O) groups is 4. The number of nitrogens with zero attached hydrogens (tertiary/aromatic N) is 2. The van der Waals surface area contributed by atoms with E-state index < -0.39 is 29.9 Å². The second-order valence-electron chi connectivity index (χ2n) is 10.4. The molecule has 4 amide bonds. The van der Waals surface area contributed by atoms with E-state index in [0.717, 1.165) is 0 Å². The summed E-state index contributed by atoms with van der Waals surface area (Å²) in [6.45, 7) is 5.60. The van der Waals surface area contributed by atoms with Crippen LogP contribution >= 0.6 is 0 Å². The van der Waals surface area contributed by atoms with E-state index in [1.807, 2.05) is 20.8 Å². The molecule has 40 heavy (non-hydrogen) atoms. The summed E-state index contributed by atoms with van der Waals surface area (Å²) in [5, 5.41) is 9.08. The topological polar surface area (TPSA) is 143 Å². The Bertz CT molecular complexity index is 1370. The van der Waals surface area contributed by atoms with Gasteiger partial charge in [-0.15, -0.1) is 0 Å². The Morgan fingerprint density at radius 3 is 2.60 bits per heavy atom. The SMILES string of the molecule is COc1cccc2cc(C(=O)N[C@@H](CC(C)C)C(=O)NC3CC[C@@H](C)N(C(=O)Nc4ccncc4)CC3=O)oc12. The molecule has 3 aromatic rings. The first-order valence-electron chi connectivity index (χ1n) is 13.3. The third-order valence-electron chi connectivity index (χ3n) is 6.91. The molecule has 0 bridgehead atoms. The number of furan rings is 1. The van der Waals surface area contributed by atoms with Crippen LogP contribution in [0.25, 0.3) is 11.0 Å². The molecule has 1 aromatic carbocycles. The number of nitrogens with one attached hydrogen (secondary N) is 3. The zero-order valence-corrected chi connectivity index (χ0v) is 23.1. The standard InChI is InChI=1S/C29H35N5O6/c1-17(2)14-22(33-28(37)25-15-19-6-5-7-24(39-4)26(19)40-25)27(36)32-21-9-8-18(3)34(16-23(21)35)29(38)31-20-10-12-30-13-11-20/h5-7,10-13,15,17-18,21-22H,8-9,14,16H2,1-4H3,(H,32,36)(H,33,37)(H,30,31,38)/t18-,21?,22+/m1/s1. The number of hydrogen-bond donors (Lipinski definition) is 3. The number of para-hydroxylation sites is 1. The lowest BCUT2D eigenvalue weighted by Gasteiger charge is -2.26. The normalized spacial score (nSPS) is 18.2. The Hall–Kier alpha value is -4.41. The third-order valence-corrected chi connectivity index (χ3v) is 6.91. The quantitative estimate of drug-likeness (QED) is 0.388. The third kappa shape index (κ3) is 6.77. The summed E-state index contributed by atoms with van der Waals surface area (Å²) in [5.74, 6) is -0.644. The number of likely N-dealkylation sites (tertiary alicyclic amines) is 1. The largest absolute Gasteiger partial charge is 0.493 e. The van der Waals surface area contributed by atoms with Crippen LogP contribution in [0.4, 0.5) is 10.5 Å². The van der Waals surface area contributed by atoms with Crippen molar-refractivity contribution in [3.63, 3.8) is 0 Å². The minimum absolute atomic E-state index is 0.0521. The van der Waals surface area contributed by atoms with E-state index in [2.05, 4.69) is 20.9 Å². The molecule has 2 aromatic heterocycles. The number of aromatic nitrogens is 1. The Morgan fingerprint density at radius 2 is 1.90 bits per heavy atom. The lowest BCUT2D eigenvalue weighted by molar-refractivity contribution is -0.129. The number of rotatable bonds is 8. The van der Waals surface area contributed by atoms with Crippen LogP contribution < -0.4 is 20.7 Å². The summed E-state index contributed by atoms with van der Waals surface area (Å²) in [7, 11) is 1.52. The molecular formula is C29H35N5O6. The number of urea groups is 1. The number of benzene rings is 1. The number of Topliss-reactive ketones (excluding diaryl/α,β-unsaturated/α-hetero) is 1. The highest BCUT2D eigenvalue weighted by molar-refractivity contribution is 6.00. The number of methoxy groups -OCH3 is 1. The molecule has 11 heteroatoms. The second-order valence-corrected chi connectivity index (χ2v) is 10.4. The number of carbonyl (C=O) groups excluding carboxylic acids is 4. The highest BCUT2D eigenvalue weighted by Crippen LogP contribution is 2.28. The summed E-state index contributed by atoms with van der Waals surface area (Å²) in [6, 6.07) is 7.97. The number of pyridine rings is 1. The van der Waals surface area contributed by atoms with Gasteiger partial charge in [0.05, 0.1) is 19.7 Å². The number of anilines is 1. The van der Waals surface area contributed by atoms with Crippen LogP contribution in [0.3, 0.4) is 0 Å². The van der Waals surface area contributed by atoms with E-state index in [0.29, 0.717) is 41.7 Å². The number of amides is 4. The van der Waals surface area contributed by atoms with Gasteiger partial charge in [0.25, 0.3) is 5.91 Å². The van der Waals surface area contributed by atoms with E-state index in [4.69, 9.17) is 9.15 Å². The first-order valence-corrected chi connectivity index (χ1v) is 13.3. The number of fused-ring (bicyclic) bond motifs is 1. The molecule has 1 aliphatic heterocycles. The Balaban J connectivity index is 1.43. The molecule has 1 unspecified atom stereocenters. The fourth-order valence-electron chi connectivity index (χ4n) is 4.73. The minimum Gasteiger partial charge on any atom is -0.493 e. The van der Waals surface area contributed by atoms with Crippen molar-refractivity contribution in [2.45, 2.75) is 58.2 Å². The first kappa shape index (κ1) is 28.6. The number of hydrogen-bond acceptors (Lipinski definition) is 7. The first-order chi connectivity index (χ1) is 19.2. The van der Waals surface area contributed by atoms with Gasteiger partial charge in [0.15, 0.2) is 22.9 Å². The molecule has 0 aliphatic carbocycles. The maximum atomic E-state index is 13.4. The average molecular weight is 550 g/mol. The molecule has 1 aliphatic rings. The van der Waals surface area contributed by atoms with Crippen LogP contribution in [0.2, 0.25) is 0 Å². The average Bonchev–Trinajstić information content (AvgIpc) is 3.32. The fraction of sp³-hybridized carbons (Fsp3) is 0.414. The smallest absolute Gasteiger partial charge is 0.322 e. The lowest BCUT2D eigenvalue weighted by Crippen LogP contribution is -2.53. The van der Waals surface area contributed by atoms with Gasteiger partial charge in [-0.2, -0.15) is 0 Å². The zero-order valence-electron chi connectivity index (χ0n) is 23.1. The monoisotopic (exact) mass is 549 g/mol. The van der Waals surface area contributed by atoms with E-state index in [9.17, 15) is 19.2 Å². The summed E-state index contributed by atoms with van der Waals surface area (Å²) in [6.07, 6.45) is 4.38. The molecule has 11 nitrogen and oxygen atoms in total. The summed E-state index contributed by atoms with van der Waals surface area (Å²) >= 11 is 0. The molecule has 212 valence electrons. The zero-order chi connectivity index (χ0) is 28.8. The van der Waals surface area contributed by atoms with Gasteiger partial charge in [-0.05, 0) is 56.4 Å². The van der Waals surface area contributed by atoms with Crippen molar-refractivity contribution >= 4 is 40.3 Å². The van der Waals surface area contributed by atoms with Crippen LogP contribution in [-0.2, 0) is 9.59 Å². The maximum Gasteiger partial charge on any atom is 0.322 e. The van der Waals surface area contributed by atoms with E-state index in [1.54, 1.807) is 48.8 Å². The predicted molar refractivity (Wildman–Crippen MR) is 149 cm³/mol. The van der Waals surface area contributed by atoms with Crippen molar-refractivity contribution < 1.29 is 28.3 Å². The molecule has 3 heterocycles. The Kier molecular flexibility index (Phi) is 9.03. The van der Waals surface area contributed by atoms with Gasteiger partial charge in [0, 0.05) is 29.5 Å². The van der Waals surface area contributed by atoms with E-state index >= 15 is 0 Å². The van der Waals surface area contributed by atoms with Crippen molar-refractivity contribution in [2.24, 2.45) is 5.92 Å². The molecule has 0 radical (unpaired) electrons. The molecule has 0 saturated carbocycles. The summed E-state index contributed by atoms with van der Waals surface area (Å²) < 4.78 is 11.0. The summed E-state index contributed by atoms with van der Waals surface area (Å²) in [4.78, 5) is 57.9. The molecule has 1 fully saturated rings. The Morgan fingerprint density at radius 1 is 1.15 bits per heavy atom. The van der Waals surface area contributed by atoms with Gasteiger partial charge in [0.1, 0.15) is 6.04 Å². The van der Waals surface area contributed by atoms with Crippen molar-refractivity contribution in [3.8, 4) is 5.75 Å². The van der Waals surface area contributed by atoms with Crippen LogP contribution in [-0.4, -0.2) is 65.3 Å². The summed E-state index contributed by atoms with van der Waals surface area (Å²) in [5.41, 5.74) is 1.01. The molecule has 1 saturated heterocycles. The lowest BCUT2D eigenvalue weighted by atomic mass is 10.0.